The summed E-state index contributed by atoms with van der Waals surface area (Å²) >= 11 is 0. The van der Waals surface area contributed by atoms with Crippen LogP contribution in [0, 0.1) is 6.92 Å². The molecule has 0 unspecified atom stereocenters. The number of carbonyl (C=O) groups excluding carboxylic acids is 1. The molecule has 1 aliphatic heterocycles. The predicted octanol–water partition coefficient (Wildman–Crippen LogP) is 3.70. The summed E-state index contributed by atoms with van der Waals surface area (Å²) in [4.78, 5) is 15.6. The molecule has 6 heteroatoms. The lowest BCUT2D eigenvalue weighted by molar-refractivity contribution is 0.0635. The van der Waals surface area contributed by atoms with Crippen LogP contribution >= 0.6 is 12.4 Å². The minimum absolute atomic E-state index is 0. The highest BCUT2D eigenvalue weighted by molar-refractivity contribution is 5.94. The number of hydrogen-bond acceptors (Lipinski definition) is 3. The van der Waals surface area contributed by atoms with Crippen LogP contribution in [0.4, 0.5) is 0 Å². The van der Waals surface area contributed by atoms with Crippen molar-refractivity contribution >= 4 is 18.3 Å². The molecule has 1 aromatic carbocycles. The van der Waals surface area contributed by atoms with E-state index >= 15 is 0 Å². The van der Waals surface area contributed by atoms with Crippen molar-refractivity contribution in [3.05, 3.63) is 46.8 Å². The monoisotopic (exact) mass is 402 g/mol. The van der Waals surface area contributed by atoms with Crippen LogP contribution in [0.3, 0.4) is 0 Å². The molecule has 0 saturated carbocycles. The molecule has 2 heterocycles. The van der Waals surface area contributed by atoms with E-state index in [9.17, 15) is 4.79 Å². The Labute approximate surface area is 173 Å². The molecule has 1 aliphatic carbocycles. The van der Waals surface area contributed by atoms with Gasteiger partial charge in [0.25, 0.3) is 5.91 Å². The molecule has 0 bridgehead atoms. The molecule has 0 radical (unpaired) electrons. The SMILES string of the molecule is CCCN(C(=O)c1nn(-c2ccc(C)cc2)c2c1CCC2)C1CCNCC1.Cl. The summed E-state index contributed by atoms with van der Waals surface area (Å²) in [5.74, 6) is 0.132. The van der Waals surface area contributed by atoms with E-state index in [-0.39, 0.29) is 18.3 Å². The summed E-state index contributed by atoms with van der Waals surface area (Å²) in [6.07, 6.45) is 6.13. The van der Waals surface area contributed by atoms with Gasteiger partial charge in [-0.25, -0.2) is 4.68 Å². The summed E-state index contributed by atoms with van der Waals surface area (Å²) in [6, 6.07) is 8.76. The Morgan fingerprint density at radius 3 is 2.61 bits per heavy atom. The van der Waals surface area contributed by atoms with Gasteiger partial charge in [0.05, 0.1) is 5.69 Å². The standard InChI is InChI=1S/C22H30N4O.ClH/c1-3-15-25(17-11-13-23-14-12-17)22(27)21-19-5-4-6-20(19)26(24-21)18-9-7-16(2)8-10-18;/h7-10,17,23H,3-6,11-15H2,1-2H3;1H. The first-order valence-corrected chi connectivity index (χ1v) is 10.4. The number of aromatic nitrogens is 2. The number of halogens is 1. The van der Waals surface area contributed by atoms with Gasteiger partial charge in [0.2, 0.25) is 0 Å². The number of nitrogens with zero attached hydrogens (tertiary/aromatic N) is 3. The van der Waals surface area contributed by atoms with Crippen molar-refractivity contribution in [2.75, 3.05) is 19.6 Å². The van der Waals surface area contributed by atoms with Crippen molar-refractivity contribution in [1.82, 2.24) is 20.0 Å². The largest absolute Gasteiger partial charge is 0.334 e. The van der Waals surface area contributed by atoms with Crippen LogP contribution in [0.25, 0.3) is 5.69 Å². The quantitative estimate of drug-likeness (QED) is 0.829. The topological polar surface area (TPSA) is 50.2 Å². The molecule has 4 rings (SSSR count). The summed E-state index contributed by atoms with van der Waals surface area (Å²) in [6.45, 7) is 7.04. The zero-order valence-corrected chi connectivity index (χ0v) is 17.7. The molecular formula is C22H31ClN4O. The highest BCUT2D eigenvalue weighted by atomic mass is 35.5. The Hall–Kier alpha value is -1.85. The van der Waals surface area contributed by atoms with Gasteiger partial charge < -0.3 is 10.2 Å². The predicted molar refractivity (Wildman–Crippen MR) is 115 cm³/mol. The molecule has 152 valence electrons. The highest BCUT2D eigenvalue weighted by Crippen LogP contribution is 2.29. The lowest BCUT2D eigenvalue weighted by atomic mass is 10.0. The van der Waals surface area contributed by atoms with Crippen LogP contribution in [-0.4, -0.2) is 46.3 Å². The van der Waals surface area contributed by atoms with Gasteiger partial charge in [-0.1, -0.05) is 24.6 Å². The summed E-state index contributed by atoms with van der Waals surface area (Å²) < 4.78 is 2.02. The van der Waals surface area contributed by atoms with E-state index in [1.165, 1.54) is 16.8 Å². The average molecular weight is 403 g/mol. The number of benzene rings is 1. The first kappa shape index (κ1) is 20.9. The second-order valence-corrected chi connectivity index (χ2v) is 7.85. The normalized spacial score (nSPS) is 16.5. The first-order chi connectivity index (χ1) is 13.2. The first-order valence-electron chi connectivity index (χ1n) is 10.4. The maximum Gasteiger partial charge on any atom is 0.274 e. The van der Waals surface area contributed by atoms with Gasteiger partial charge in [-0.3, -0.25) is 4.79 Å². The molecule has 1 aromatic heterocycles. The smallest absolute Gasteiger partial charge is 0.274 e. The van der Waals surface area contributed by atoms with Crippen LogP contribution in [-0.2, 0) is 12.8 Å². The number of piperidine rings is 1. The lowest BCUT2D eigenvalue weighted by Gasteiger charge is -2.34. The van der Waals surface area contributed by atoms with Crippen molar-refractivity contribution in [2.24, 2.45) is 0 Å². The average Bonchev–Trinajstić information content (AvgIpc) is 3.30. The Bertz CT molecular complexity index is 809. The minimum atomic E-state index is 0. The maximum atomic E-state index is 13.5. The lowest BCUT2D eigenvalue weighted by Crippen LogP contribution is -2.46. The number of carbonyl (C=O) groups is 1. The van der Waals surface area contributed by atoms with Crippen LogP contribution in [0.2, 0.25) is 0 Å². The Morgan fingerprint density at radius 1 is 1.21 bits per heavy atom. The third-order valence-corrected chi connectivity index (χ3v) is 5.89. The van der Waals surface area contributed by atoms with Crippen molar-refractivity contribution < 1.29 is 4.79 Å². The van der Waals surface area contributed by atoms with Crippen molar-refractivity contribution in [2.45, 2.75) is 58.4 Å². The summed E-state index contributed by atoms with van der Waals surface area (Å²) in [5.41, 5.74) is 5.38. The number of rotatable bonds is 5. The van der Waals surface area contributed by atoms with Crippen molar-refractivity contribution in [3.8, 4) is 5.69 Å². The third-order valence-electron chi connectivity index (χ3n) is 5.89. The Balaban J connectivity index is 0.00000225. The van der Waals surface area contributed by atoms with Gasteiger partial charge in [-0.15, -0.1) is 12.4 Å². The van der Waals surface area contributed by atoms with Crippen molar-refractivity contribution in [3.63, 3.8) is 0 Å². The Kier molecular flexibility index (Phi) is 6.78. The number of amides is 1. The molecule has 1 N–H and O–H groups in total. The van der Waals surface area contributed by atoms with Crippen molar-refractivity contribution in [1.29, 1.82) is 0 Å². The zero-order chi connectivity index (χ0) is 18.8. The molecular weight excluding hydrogens is 372 g/mol. The third kappa shape index (κ3) is 3.96. The number of nitrogens with one attached hydrogen (secondary N) is 1. The van der Waals surface area contributed by atoms with Gasteiger partial charge in [0, 0.05) is 23.8 Å². The summed E-state index contributed by atoms with van der Waals surface area (Å²) in [7, 11) is 0. The van der Waals surface area contributed by atoms with E-state index in [2.05, 4.69) is 48.3 Å². The molecule has 28 heavy (non-hydrogen) atoms. The fourth-order valence-electron chi connectivity index (χ4n) is 4.45. The Morgan fingerprint density at radius 2 is 1.93 bits per heavy atom. The van der Waals surface area contributed by atoms with Gasteiger partial charge in [-0.2, -0.15) is 5.10 Å². The second-order valence-electron chi connectivity index (χ2n) is 7.85. The maximum absolute atomic E-state index is 13.5. The fraction of sp³-hybridized carbons (Fsp3) is 0.545. The number of fused-ring (bicyclic) bond motifs is 1. The van der Waals surface area contributed by atoms with Gasteiger partial charge >= 0.3 is 0 Å². The van der Waals surface area contributed by atoms with Gasteiger partial charge in [-0.05, 0) is 70.7 Å². The molecule has 1 amide bonds. The van der Waals surface area contributed by atoms with Crippen LogP contribution in [0.15, 0.2) is 24.3 Å². The van der Waals surface area contributed by atoms with Crippen LogP contribution in [0.5, 0.6) is 0 Å². The van der Waals surface area contributed by atoms with E-state index in [4.69, 9.17) is 5.10 Å². The van der Waals surface area contributed by atoms with Crippen LogP contribution < -0.4 is 5.32 Å². The molecule has 1 saturated heterocycles. The molecule has 2 aromatic rings. The van der Waals surface area contributed by atoms with E-state index in [0.29, 0.717) is 11.7 Å². The van der Waals surface area contributed by atoms with E-state index < -0.39 is 0 Å². The molecule has 5 nitrogen and oxygen atoms in total. The minimum Gasteiger partial charge on any atom is -0.334 e. The van der Waals surface area contributed by atoms with E-state index in [0.717, 1.165) is 63.8 Å². The van der Waals surface area contributed by atoms with Gasteiger partial charge in [0.15, 0.2) is 5.69 Å². The second kappa shape index (κ2) is 9.10. The number of hydrogen-bond donors (Lipinski definition) is 1. The molecule has 2 aliphatic rings. The van der Waals surface area contributed by atoms with E-state index in [1.807, 2.05) is 4.68 Å². The zero-order valence-electron chi connectivity index (χ0n) is 16.9. The van der Waals surface area contributed by atoms with Gasteiger partial charge in [0.1, 0.15) is 0 Å². The number of aryl methyl sites for hydroxylation is 1. The highest BCUT2D eigenvalue weighted by Gasteiger charge is 2.32. The fourth-order valence-corrected chi connectivity index (χ4v) is 4.45. The van der Waals surface area contributed by atoms with Crippen LogP contribution in [0.1, 0.15) is 59.9 Å². The molecule has 0 atom stereocenters. The van der Waals surface area contributed by atoms with E-state index in [1.54, 1.807) is 0 Å². The molecule has 0 spiro atoms. The summed E-state index contributed by atoms with van der Waals surface area (Å²) in [5, 5.41) is 8.24. The molecule has 1 fully saturated rings.